The van der Waals surface area contributed by atoms with Crippen molar-refractivity contribution >= 4 is 11.9 Å². The number of hydrogen-bond donors (Lipinski definition) is 0. The highest BCUT2D eigenvalue weighted by Gasteiger charge is 2.37. The van der Waals surface area contributed by atoms with Gasteiger partial charge in [-0.1, -0.05) is 6.92 Å². The fourth-order valence-corrected chi connectivity index (χ4v) is 2.26. The van der Waals surface area contributed by atoms with E-state index in [2.05, 4.69) is 4.98 Å². The largest absolute Gasteiger partial charge is 0.469 e. The molecule has 5 heteroatoms. The second-order valence-electron chi connectivity index (χ2n) is 4.56. The first-order valence-corrected chi connectivity index (χ1v) is 5.90. The van der Waals surface area contributed by atoms with Crippen molar-refractivity contribution in [3.05, 3.63) is 30.1 Å². The van der Waals surface area contributed by atoms with Crippen LogP contribution in [0.2, 0.25) is 0 Å². The number of pyridine rings is 1. The van der Waals surface area contributed by atoms with Gasteiger partial charge in [0.25, 0.3) is 5.91 Å². The summed E-state index contributed by atoms with van der Waals surface area (Å²) in [7, 11) is 1.38. The lowest BCUT2D eigenvalue weighted by Gasteiger charge is -2.15. The molecule has 1 aromatic rings. The highest BCUT2D eigenvalue weighted by molar-refractivity contribution is 5.94. The Balaban J connectivity index is 2.09. The highest BCUT2D eigenvalue weighted by atomic mass is 16.5. The summed E-state index contributed by atoms with van der Waals surface area (Å²) in [6, 6.07) is 3.45. The molecule has 1 fully saturated rings. The van der Waals surface area contributed by atoms with E-state index in [4.69, 9.17) is 4.74 Å². The SMILES string of the molecule is COC(=O)C1CN(C(=O)c2cccnc2)CC1C. The van der Waals surface area contributed by atoms with Gasteiger partial charge >= 0.3 is 5.97 Å². The Morgan fingerprint density at radius 1 is 1.44 bits per heavy atom. The lowest BCUT2D eigenvalue weighted by Crippen LogP contribution is -2.30. The molecule has 96 valence electrons. The summed E-state index contributed by atoms with van der Waals surface area (Å²) >= 11 is 0. The number of aromatic nitrogens is 1. The molecular formula is C13H16N2O3. The molecule has 0 spiro atoms. The van der Waals surface area contributed by atoms with Gasteiger partial charge in [-0.2, -0.15) is 0 Å². The van der Waals surface area contributed by atoms with Crippen LogP contribution < -0.4 is 0 Å². The van der Waals surface area contributed by atoms with Crippen LogP contribution in [0.3, 0.4) is 0 Å². The molecule has 0 saturated carbocycles. The smallest absolute Gasteiger partial charge is 0.310 e. The van der Waals surface area contributed by atoms with Crippen LogP contribution in [-0.2, 0) is 9.53 Å². The summed E-state index contributed by atoms with van der Waals surface area (Å²) < 4.78 is 4.75. The Kier molecular flexibility index (Phi) is 3.60. The summed E-state index contributed by atoms with van der Waals surface area (Å²) in [6.07, 6.45) is 3.17. The molecule has 1 amide bonds. The number of carbonyl (C=O) groups is 2. The molecule has 18 heavy (non-hydrogen) atoms. The molecule has 0 aromatic carbocycles. The summed E-state index contributed by atoms with van der Waals surface area (Å²) in [6.45, 7) is 2.95. The quantitative estimate of drug-likeness (QED) is 0.731. The zero-order chi connectivity index (χ0) is 13.1. The minimum Gasteiger partial charge on any atom is -0.469 e. The monoisotopic (exact) mass is 248 g/mol. The van der Waals surface area contributed by atoms with Gasteiger partial charge in [0.1, 0.15) is 0 Å². The standard InChI is InChI=1S/C13H16N2O3/c1-9-7-15(8-11(9)13(17)18-2)12(16)10-4-3-5-14-6-10/h3-6,9,11H,7-8H2,1-2H3. The van der Waals surface area contributed by atoms with Crippen molar-refractivity contribution in [2.75, 3.05) is 20.2 Å². The topological polar surface area (TPSA) is 59.5 Å². The van der Waals surface area contributed by atoms with Gasteiger partial charge < -0.3 is 9.64 Å². The van der Waals surface area contributed by atoms with Gasteiger partial charge in [-0.15, -0.1) is 0 Å². The van der Waals surface area contributed by atoms with Gasteiger partial charge in [0.2, 0.25) is 0 Å². The lowest BCUT2D eigenvalue weighted by molar-refractivity contribution is -0.146. The van der Waals surface area contributed by atoms with E-state index in [1.807, 2.05) is 6.92 Å². The van der Waals surface area contributed by atoms with Crippen molar-refractivity contribution in [3.8, 4) is 0 Å². The number of carbonyl (C=O) groups excluding carboxylic acids is 2. The van der Waals surface area contributed by atoms with Crippen molar-refractivity contribution in [1.29, 1.82) is 0 Å². The molecule has 2 rings (SSSR count). The van der Waals surface area contributed by atoms with E-state index in [0.29, 0.717) is 18.7 Å². The normalized spacial score (nSPS) is 22.9. The number of amides is 1. The number of esters is 1. The predicted octanol–water partition coefficient (Wildman–Crippen LogP) is 0.963. The summed E-state index contributed by atoms with van der Waals surface area (Å²) in [5.74, 6) is -0.431. The first kappa shape index (κ1) is 12.5. The van der Waals surface area contributed by atoms with Crippen molar-refractivity contribution < 1.29 is 14.3 Å². The van der Waals surface area contributed by atoms with Crippen molar-refractivity contribution in [3.63, 3.8) is 0 Å². The molecule has 0 N–H and O–H groups in total. The van der Waals surface area contributed by atoms with Gasteiger partial charge in [0, 0.05) is 25.5 Å². The van der Waals surface area contributed by atoms with Gasteiger partial charge in [-0.05, 0) is 18.1 Å². The van der Waals surface area contributed by atoms with E-state index >= 15 is 0 Å². The summed E-state index contributed by atoms with van der Waals surface area (Å²) in [5.41, 5.74) is 0.551. The van der Waals surface area contributed by atoms with Crippen LogP contribution in [0.25, 0.3) is 0 Å². The number of methoxy groups -OCH3 is 1. The molecule has 0 aliphatic carbocycles. The maximum absolute atomic E-state index is 12.2. The molecule has 2 atom stereocenters. The van der Waals surface area contributed by atoms with Crippen LogP contribution in [0.5, 0.6) is 0 Å². The average Bonchev–Trinajstić information content (AvgIpc) is 2.80. The number of rotatable bonds is 2. The van der Waals surface area contributed by atoms with Crippen LogP contribution >= 0.6 is 0 Å². The fourth-order valence-electron chi connectivity index (χ4n) is 2.26. The summed E-state index contributed by atoms with van der Waals surface area (Å²) in [5, 5.41) is 0. The first-order valence-electron chi connectivity index (χ1n) is 5.90. The first-order chi connectivity index (χ1) is 8.63. The Hall–Kier alpha value is -1.91. The van der Waals surface area contributed by atoms with E-state index < -0.39 is 0 Å². The third-order valence-electron chi connectivity index (χ3n) is 3.31. The van der Waals surface area contributed by atoms with E-state index in [1.54, 1.807) is 29.4 Å². The molecule has 0 bridgehead atoms. The third-order valence-corrected chi connectivity index (χ3v) is 3.31. The van der Waals surface area contributed by atoms with E-state index in [9.17, 15) is 9.59 Å². The van der Waals surface area contributed by atoms with Crippen molar-refractivity contribution in [1.82, 2.24) is 9.88 Å². The molecule has 1 aliphatic rings. The average molecular weight is 248 g/mol. The molecule has 1 aliphatic heterocycles. The van der Waals surface area contributed by atoms with Crippen LogP contribution in [0.1, 0.15) is 17.3 Å². The molecular weight excluding hydrogens is 232 g/mol. The molecule has 2 heterocycles. The van der Waals surface area contributed by atoms with Crippen LogP contribution in [0.4, 0.5) is 0 Å². The van der Waals surface area contributed by atoms with Crippen LogP contribution in [-0.4, -0.2) is 42.0 Å². The molecule has 2 unspecified atom stereocenters. The maximum atomic E-state index is 12.2. The molecule has 5 nitrogen and oxygen atoms in total. The minimum absolute atomic E-state index is 0.0821. The van der Waals surface area contributed by atoms with E-state index in [0.717, 1.165) is 0 Å². The Morgan fingerprint density at radius 2 is 2.22 bits per heavy atom. The van der Waals surface area contributed by atoms with Gasteiger partial charge in [0.05, 0.1) is 18.6 Å². The Labute approximate surface area is 106 Å². The van der Waals surface area contributed by atoms with Crippen molar-refractivity contribution in [2.24, 2.45) is 11.8 Å². The lowest BCUT2D eigenvalue weighted by atomic mass is 9.99. The second-order valence-corrected chi connectivity index (χ2v) is 4.56. The highest BCUT2D eigenvalue weighted by Crippen LogP contribution is 2.25. The number of hydrogen-bond acceptors (Lipinski definition) is 4. The maximum Gasteiger partial charge on any atom is 0.310 e. The zero-order valence-corrected chi connectivity index (χ0v) is 10.5. The number of ether oxygens (including phenoxy) is 1. The van der Waals surface area contributed by atoms with E-state index in [-0.39, 0.29) is 23.7 Å². The third kappa shape index (κ3) is 2.34. The Morgan fingerprint density at radius 3 is 2.83 bits per heavy atom. The van der Waals surface area contributed by atoms with Gasteiger partial charge in [-0.3, -0.25) is 14.6 Å². The van der Waals surface area contributed by atoms with E-state index in [1.165, 1.54) is 7.11 Å². The molecule has 1 saturated heterocycles. The van der Waals surface area contributed by atoms with Gasteiger partial charge in [0.15, 0.2) is 0 Å². The summed E-state index contributed by atoms with van der Waals surface area (Å²) in [4.78, 5) is 29.4. The molecule has 1 aromatic heterocycles. The van der Waals surface area contributed by atoms with Gasteiger partial charge in [-0.25, -0.2) is 0 Å². The minimum atomic E-state index is -0.246. The second kappa shape index (κ2) is 5.16. The van der Waals surface area contributed by atoms with Crippen LogP contribution in [0.15, 0.2) is 24.5 Å². The zero-order valence-electron chi connectivity index (χ0n) is 10.5. The van der Waals surface area contributed by atoms with Crippen molar-refractivity contribution in [2.45, 2.75) is 6.92 Å². The Bertz CT molecular complexity index is 447. The predicted molar refractivity (Wildman–Crippen MR) is 64.8 cm³/mol. The van der Waals surface area contributed by atoms with Crippen LogP contribution in [0, 0.1) is 11.8 Å². The molecule has 0 radical (unpaired) electrons. The number of likely N-dealkylation sites (tertiary alicyclic amines) is 1. The number of nitrogens with zero attached hydrogens (tertiary/aromatic N) is 2. The fraction of sp³-hybridized carbons (Fsp3) is 0.462.